The van der Waals surface area contributed by atoms with Crippen molar-refractivity contribution in [3.63, 3.8) is 0 Å². The van der Waals surface area contributed by atoms with Crippen LogP contribution in [-0.2, 0) is 4.74 Å². The van der Waals surface area contributed by atoms with Crippen LogP contribution in [0.2, 0.25) is 0 Å². The van der Waals surface area contributed by atoms with Crippen molar-refractivity contribution in [3.05, 3.63) is 12.2 Å². The molecule has 1 aliphatic heterocycles. The SMILES string of the molecule is CN1CCO[C@H](CN(CC2CC2)C(=O)NC2CC=CC2)C1. The van der Waals surface area contributed by atoms with Gasteiger partial charge in [-0.05, 0) is 38.6 Å². The first-order chi connectivity index (χ1) is 10.2. The van der Waals surface area contributed by atoms with Crippen LogP contribution in [0, 0.1) is 5.92 Å². The molecule has 2 aliphatic carbocycles. The van der Waals surface area contributed by atoms with Crippen molar-refractivity contribution in [1.82, 2.24) is 15.1 Å². The maximum absolute atomic E-state index is 12.5. The zero-order chi connectivity index (χ0) is 14.7. The van der Waals surface area contributed by atoms with E-state index in [4.69, 9.17) is 4.74 Å². The summed E-state index contributed by atoms with van der Waals surface area (Å²) in [6, 6.07) is 0.376. The largest absolute Gasteiger partial charge is 0.374 e. The van der Waals surface area contributed by atoms with Gasteiger partial charge in [0.25, 0.3) is 0 Å². The molecule has 0 aromatic carbocycles. The number of nitrogens with zero attached hydrogens (tertiary/aromatic N) is 2. The molecule has 5 nitrogen and oxygen atoms in total. The third-order valence-corrected chi connectivity index (χ3v) is 4.56. The van der Waals surface area contributed by atoms with E-state index in [9.17, 15) is 4.79 Å². The van der Waals surface area contributed by atoms with Crippen molar-refractivity contribution in [1.29, 1.82) is 0 Å². The van der Waals surface area contributed by atoms with E-state index in [1.54, 1.807) is 0 Å². The topological polar surface area (TPSA) is 44.8 Å². The molecular weight excluding hydrogens is 266 g/mol. The molecule has 0 aromatic heterocycles. The first-order valence-corrected chi connectivity index (χ1v) is 8.21. The number of carbonyl (C=O) groups is 1. The second kappa shape index (κ2) is 6.79. The Kier molecular flexibility index (Phi) is 4.80. The summed E-state index contributed by atoms with van der Waals surface area (Å²) in [5, 5.41) is 3.17. The van der Waals surface area contributed by atoms with Crippen LogP contribution in [0.5, 0.6) is 0 Å². The van der Waals surface area contributed by atoms with Crippen molar-refractivity contribution in [3.8, 4) is 0 Å². The van der Waals surface area contributed by atoms with E-state index < -0.39 is 0 Å². The highest BCUT2D eigenvalue weighted by Crippen LogP contribution is 2.30. The lowest BCUT2D eigenvalue weighted by Gasteiger charge is -2.34. The second-order valence-electron chi connectivity index (χ2n) is 6.69. The molecule has 1 saturated carbocycles. The molecule has 5 heteroatoms. The number of hydrogen-bond donors (Lipinski definition) is 1. The van der Waals surface area contributed by atoms with Gasteiger partial charge in [-0.3, -0.25) is 0 Å². The highest BCUT2D eigenvalue weighted by atomic mass is 16.5. The van der Waals surface area contributed by atoms with Crippen LogP contribution in [0.4, 0.5) is 4.79 Å². The molecule has 1 N–H and O–H groups in total. The monoisotopic (exact) mass is 293 g/mol. The standard InChI is InChI=1S/C16H27N3O2/c1-18-8-9-21-15(11-18)12-19(10-13-6-7-13)16(20)17-14-4-2-3-5-14/h2-3,13-15H,4-12H2,1H3,(H,17,20)/t15-/m0/s1. The predicted octanol–water partition coefficient (Wildman–Crippen LogP) is 1.46. The Hall–Kier alpha value is -1.07. The molecule has 0 spiro atoms. The number of rotatable bonds is 5. The van der Waals surface area contributed by atoms with Gasteiger partial charge in [0.2, 0.25) is 0 Å². The van der Waals surface area contributed by atoms with Gasteiger partial charge in [0.15, 0.2) is 0 Å². The van der Waals surface area contributed by atoms with Gasteiger partial charge in [0, 0.05) is 32.2 Å². The number of amides is 2. The molecular formula is C16H27N3O2. The van der Waals surface area contributed by atoms with Gasteiger partial charge in [-0.1, -0.05) is 12.2 Å². The van der Waals surface area contributed by atoms with E-state index >= 15 is 0 Å². The first kappa shape index (κ1) is 14.9. The fourth-order valence-corrected chi connectivity index (χ4v) is 3.08. The van der Waals surface area contributed by atoms with Gasteiger partial charge in [-0.25, -0.2) is 4.79 Å². The van der Waals surface area contributed by atoms with Gasteiger partial charge < -0.3 is 19.9 Å². The minimum Gasteiger partial charge on any atom is -0.374 e. The quantitative estimate of drug-likeness (QED) is 0.781. The van der Waals surface area contributed by atoms with Crippen LogP contribution in [-0.4, -0.2) is 67.8 Å². The fraction of sp³-hybridized carbons (Fsp3) is 0.812. The summed E-state index contributed by atoms with van der Waals surface area (Å²) in [5.74, 6) is 0.707. The van der Waals surface area contributed by atoms with E-state index in [0.29, 0.717) is 12.5 Å². The van der Waals surface area contributed by atoms with Crippen LogP contribution in [0.1, 0.15) is 25.7 Å². The van der Waals surface area contributed by atoms with E-state index in [1.807, 2.05) is 4.90 Å². The number of hydrogen-bond acceptors (Lipinski definition) is 3. The van der Waals surface area contributed by atoms with Gasteiger partial charge in [-0.15, -0.1) is 0 Å². The average Bonchev–Trinajstić information content (AvgIpc) is 3.13. The Labute approximate surface area is 127 Å². The third kappa shape index (κ3) is 4.45. The molecule has 0 unspecified atom stereocenters. The van der Waals surface area contributed by atoms with Crippen molar-refractivity contribution in [2.75, 3.05) is 39.8 Å². The third-order valence-electron chi connectivity index (χ3n) is 4.56. The lowest BCUT2D eigenvalue weighted by molar-refractivity contribution is -0.0309. The Balaban J connectivity index is 1.52. The molecule has 1 heterocycles. The predicted molar refractivity (Wildman–Crippen MR) is 82.2 cm³/mol. The molecule has 1 saturated heterocycles. The normalized spacial score (nSPS) is 27.0. The van der Waals surface area contributed by atoms with Crippen molar-refractivity contribution >= 4 is 6.03 Å². The molecule has 2 fully saturated rings. The van der Waals surface area contributed by atoms with Crippen LogP contribution in [0.25, 0.3) is 0 Å². The molecule has 3 aliphatic rings. The number of likely N-dealkylation sites (N-methyl/N-ethyl adjacent to an activating group) is 1. The first-order valence-electron chi connectivity index (χ1n) is 8.21. The Morgan fingerprint density at radius 2 is 2.10 bits per heavy atom. The Bertz CT molecular complexity index is 387. The minimum absolute atomic E-state index is 0.0902. The van der Waals surface area contributed by atoms with Crippen molar-refractivity contribution in [2.45, 2.75) is 37.8 Å². The molecule has 0 aromatic rings. The summed E-state index contributed by atoms with van der Waals surface area (Å²) in [6.07, 6.45) is 8.90. The zero-order valence-electron chi connectivity index (χ0n) is 13.0. The lowest BCUT2D eigenvalue weighted by atomic mass is 10.2. The van der Waals surface area contributed by atoms with Gasteiger partial charge in [-0.2, -0.15) is 0 Å². The van der Waals surface area contributed by atoms with Crippen LogP contribution in [0.15, 0.2) is 12.2 Å². The highest BCUT2D eigenvalue weighted by Gasteiger charge is 2.30. The highest BCUT2D eigenvalue weighted by molar-refractivity contribution is 5.74. The molecule has 118 valence electrons. The summed E-state index contributed by atoms with van der Waals surface area (Å²) >= 11 is 0. The fourth-order valence-electron chi connectivity index (χ4n) is 3.08. The van der Waals surface area contributed by atoms with Gasteiger partial charge in [0.05, 0.1) is 12.7 Å². The van der Waals surface area contributed by atoms with E-state index in [2.05, 4.69) is 29.4 Å². The molecule has 21 heavy (non-hydrogen) atoms. The van der Waals surface area contributed by atoms with Crippen molar-refractivity contribution < 1.29 is 9.53 Å². The maximum Gasteiger partial charge on any atom is 0.317 e. The van der Waals surface area contributed by atoms with E-state index in [1.165, 1.54) is 12.8 Å². The van der Waals surface area contributed by atoms with Crippen LogP contribution in [0.3, 0.4) is 0 Å². The van der Waals surface area contributed by atoms with Crippen LogP contribution < -0.4 is 5.32 Å². The van der Waals surface area contributed by atoms with Gasteiger partial charge in [0.1, 0.15) is 0 Å². The Morgan fingerprint density at radius 1 is 1.33 bits per heavy atom. The summed E-state index contributed by atoms with van der Waals surface area (Å²) < 4.78 is 5.83. The number of morpholine rings is 1. The molecule has 0 bridgehead atoms. The van der Waals surface area contributed by atoms with Gasteiger partial charge >= 0.3 is 6.03 Å². The maximum atomic E-state index is 12.5. The second-order valence-corrected chi connectivity index (χ2v) is 6.69. The smallest absolute Gasteiger partial charge is 0.317 e. The zero-order valence-corrected chi connectivity index (χ0v) is 13.0. The van der Waals surface area contributed by atoms with E-state index in [-0.39, 0.29) is 18.2 Å². The summed E-state index contributed by atoms with van der Waals surface area (Å²) in [4.78, 5) is 16.8. The van der Waals surface area contributed by atoms with Crippen LogP contribution >= 0.6 is 0 Å². The molecule has 1 atom stereocenters. The minimum atomic E-state index is 0.0902. The number of ether oxygens (including phenoxy) is 1. The Morgan fingerprint density at radius 3 is 2.76 bits per heavy atom. The van der Waals surface area contributed by atoms with Crippen molar-refractivity contribution in [2.24, 2.45) is 5.92 Å². The van der Waals surface area contributed by atoms with E-state index in [0.717, 1.165) is 39.1 Å². The lowest BCUT2D eigenvalue weighted by Crippen LogP contribution is -2.51. The molecule has 0 radical (unpaired) electrons. The number of urea groups is 1. The summed E-state index contributed by atoms with van der Waals surface area (Å²) in [5.41, 5.74) is 0. The number of nitrogens with one attached hydrogen (secondary N) is 1. The average molecular weight is 293 g/mol. The number of carbonyl (C=O) groups excluding carboxylic acids is 1. The summed E-state index contributed by atoms with van der Waals surface area (Å²) in [7, 11) is 2.12. The summed E-state index contributed by atoms with van der Waals surface area (Å²) in [6.45, 7) is 4.27. The molecule has 3 rings (SSSR count). The molecule has 2 amide bonds.